The number of nitrogens with one attached hydrogen (secondary N) is 2. The molecule has 1 rings (SSSR count). The fraction of sp³-hybridized carbons (Fsp3) is 0.545. The van der Waals surface area contributed by atoms with Crippen LogP contribution >= 0.6 is 0 Å². The second-order valence-electron chi connectivity index (χ2n) is 3.71. The van der Waals surface area contributed by atoms with Crippen LogP contribution in [-0.4, -0.2) is 39.4 Å². The monoisotopic (exact) mass is 273 g/mol. The highest BCUT2D eigenvalue weighted by molar-refractivity contribution is 7.92. The molecule has 1 heterocycles. The Hall–Kier alpha value is -1.34. The van der Waals surface area contributed by atoms with E-state index in [2.05, 4.69) is 15.0 Å². The summed E-state index contributed by atoms with van der Waals surface area (Å²) in [5.41, 5.74) is 0.472. The number of methoxy groups -OCH3 is 1. The van der Waals surface area contributed by atoms with Crippen molar-refractivity contribution in [1.82, 2.24) is 4.98 Å². The highest BCUT2D eigenvalue weighted by atomic mass is 32.2. The Morgan fingerprint density at radius 2 is 2.17 bits per heavy atom. The van der Waals surface area contributed by atoms with E-state index in [0.29, 0.717) is 18.1 Å². The van der Waals surface area contributed by atoms with Gasteiger partial charge in [0.15, 0.2) is 0 Å². The fourth-order valence-electron chi connectivity index (χ4n) is 1.24. The zero-order valence-electron chi connectivity index (χ0n) is 10.6. The SMILES string of the molecule is CCS(=O)(=O)Nc1ccc(NCCCOC)nc1. The summed E-state index contributed by atoms with van der Waals surface area (Å²) in [6.07, 6.45) is 2.38. The van der Waals surface area contributed by atoms with Gasteiger partial charge in [0, 0.05) is 20.3 Å². The van der Waals surface area contributed by atoms with E-state index in [1.165, 1.54) is 6.20 Å². The molecule has 102 valence electrons. The van der Waals surface area contributed by atoms with Crippen LogP contribution in [0.15, 0.2) is 18.3 Å². The van der Waals surface area contributed by atoms with E-state index in [-0.39, 0.29) is 5.75 Å². The van der Waals surface area contributed by atoms with Crippen molar-refractivity contribution in [2.75, 3.05) is 36.1 Å². The molecule has 0 amide bonds. The van der Waals surface area contributed by atoms with Gasteiger partial charge < -0.3 is 10.1 Å². The van der Waals surface area contributed by atoms with Crippen molar-refractivity contribution in [2.24, 2.45) is 0 Å². The first-order chi connectivity index (χ1) is 8.57. The minimum absolute atomic E-state index is 0.0457. The Morgan fingerprint density at radius 3 is 2.72 bits per heavy atom. The Bertz CT molecular complexity index is 445. The van der Waals surface area contributed by atoms with Gasteiger partial charge in [-0.25, -0.2) is 13.4 Å². The van der Waals surface area contributed by atoms with Crippen molar-refractivity contribution in [3.05, 3.63) is 18.3 Å². The van der Waals surface area contributed by atoms with Gasteiger partial charge in [0.2, 0.25) is 10.0 Å². The topological polar surface area (TPSA) is 80.3 Å². The number of rotatable bonds is 8. The minimum Gasteiger partial charge on any atom is -0.385 e. The second-order valence-corrected chi connectivity index (χ2v) is 5.72. The predicted octanol–water partition coefficient (Wildman–Crippen LogP) is 1.29. The third-order valence-electron chi connectivity index (χ3n) is 2.25. The van der Waals surface area contributed by atoms with Crippen molar-refractivity contribution in [3.63, 3.8) is 0 Å². The molecule has 0 saturated carbocycles. The van der Waals surface area contributed by atoms with Crippen molar-refractivity contribution in [3.8, 4) is 0 Å². The van der Waals surface area contributed by atoms with Crippen LogP contribution in [0.2, 0.25) is 0 Å². The predicted molar refractivity (Wildman–Crippen MR) is 72.3 cm³/mol. The molecule has 0 atom stereocenters. The van der Waals surface area contributed by atoms with Gasteiger partial charge >= 0.3 is 0 Å². The molecule has 0 saturated heterocycles. The lowest BCUT2D eigenvalue weighted by atomic mass is 10.4. The van der Waals surface area contributed by atoms with Gasteiger partial charge in [-0.2, -0.15) is 0 Å². The zero-order valence-corrected chi connectivity index (χ0v) is 11.5. The van der Waals surface area contributed by atoms with Gasteiger partial charge in [-0.05, 0) is 25.5 Å². The number of hydrogen-bond acceptors (Lipinski definition) is 5. The molecule has 0 radical (unpaired) electrons. The second kappa shape index (κ2) is 7.17. The average Bonchev–Trinajstić information content (AvgIpc) is 2.36. The maximum absolute atomic E-state index is 11.3. The third kappa shape index (κ3) is 5.33. The fourth-order valence-corrected chi connectivity index (χ4v) is 1.87. The number of pyridine rings is 1. The summed E-state index contributed by atoms with van der Waals surface area (Å²) in [4.78, 5) is 4.12. The molecular weight excluding hydrogens is 254 g/mol. The smallest absolute Gasteiger partial charge is 0.232 e. The molecular formula is C11H19N3O3S. The standard InChI is InChI=1S/C11H19N3O3S/c1-3-18(15,16)14-10-5-6-11(13-9-10)12-7-4-8-17-2/h5-6,9,14H,3-4,7-8H2,1-2H3,(H,12,13). The maximum atomic E-state index is 11.3. The molecule has 0 bridgehead atoms. The van der Waals surface area contributed by atoms with Gasteiger partial charge in [0.1, 0.15) is 5.82 Å². The number of sulfonamides is 1. The van der Waals surface area contributed by atoms with Gasteiger partial charge in [-0.15, -0.1) is 0 Å². The molecule has 0 spiro atoms. The van der Waals surface area contributed by atoms with Gasteiger partial charge in [-0.3, -0.25) is 4.72 Å². The summed E-state index contributed by atoms with van der Waals surface area (Å²) in [6.45, 7) is 3.05. The van der Waals surface area contributed by atoms with E-state index in [4.69, 9.17) is 4.74 Å². The highest BCUT2D eigenvalue weighted by Gasteiger charge is 2.06. The molecule has 0 unspecified atom stereocenters. The normalized spacial score (nSPS) is 11.2. The zero-order chi connectivity index (χ0) is 13.4. The van der Waals surface area contributed by atoms with E-state index < -0.39 is 10.0 Å². The summed E-state index contributed by atoms with van der Waals surface area (Å²) in [5.74, 6) is 0.759. The number of aromatic nitrogens is 1. The molecule has 2 N–H and O–H groups in total. The molecule has 0 aliphatic carbocycles. The van der Waals surface area contributed by atoms with Crippen molar-refractivity contribution < 1.29 is 13.2 Å². The molecule has 0 aliphatic heterocycles. The molecule has 1 aromatic heterocycles. The lowest BCUT2D eigenvalue weighted by molar-refractivity contribution is 0.198. The van der Waals surface area contributed by atoms with E-state index >= 15 is 0 Å². The summed E-state index contributed by atoms with van der Waals surface area (Å²) in [6, 6.07) is 3.42. The summed E-state index contributed by atoms with van der Waals surface area (Å²) in [5, 5.41) is 3.12. The first-order valence-electron chi connectivity index (χ1n) is 5.76. The van der Waals surface area contributed by atoms with Crippen LogP contribution in [0.25, 0.3) is 0 Å². The third-order valence-corrected chi connectivity index (χ3v) is 3.56. The number of hydrogen-bond donors (Lipinski definition) is 2. The number of ether oxygens (including phenoxy) is 1. The van der Waals surface area contributed by atoms with E-state index in [1.807, 2.05) is 0 Å². The average molecular weight is 273 g/mol. The van der Waals surface area contributed by atoms with Crippen LogP contribution < -0.4 is 10.0 Å². The Balaban J connectivity index is 2.47. The summed E-state index contributed by atoms with van der Waals surface area (Å²) < 4.78 is 30.0. The molecule has 1 aromatic rings. The van der Waals surface area contributed by atoms with Crippen LogP contribution in [0.3, 0.4) is 0 Å². The van der Waals surface area contributed by atoms with Crippen LogP contribution in [0.1, 0.15) is 13.3 Å². The maximum Gasteiger partial charge on any atom is 0.232 e. The van der Waals surface area contributed by atoms with Crippen LogP contribution in [-0.2, 0) is 14.8 Å². The van der Waals surface area contributed by atoms with E-state index in [0.717, 1.165) is 13.0 Å². The molecule has 18 heavy (non-hydrogen) atoms. The Kier molecular flexibility index (Phi) is 5.87. The van der Waals surface area contributed by atoms with Gasteiger partial charge in [-0.1, -0.05) is 0 Å². The molecule has 0 aliphatic rings. The summed E-state index contributed by atoms with van der Waals surface area (Å²) >= 11 is 0. The molecule has 0 fully saturated rings. The molecule has 7 heteroatoms. The lowest BCUT2D eigenvalue weighted by Gasteiger charge is -2.08. The highest BCUT2D eigenvalue weighted by Crippen LogP contribution is 2.11. The van der Waals surface area contributed by atoms with Crippen molar-refractivity contribution in [2.45, 2.75) is 13.3 Å². The quantitative estimate of drug-likeness (QED) is 0.698. The van der Waals surface area contributed by atoms with Crippen LogP contribution in [0, 0.1) is 0 Å². The van der Waals surface area contributed by atoms with E-state index in [1.54, 1.807) is 26.2 Å². The van der Waals surface area contributed by atoms with Gasteiger partial charge in [0.05, 0.1) is 17.6 Å². The van der Waals surface area contributed by atoms with Crippen LogP contribution in [0.4, 0.5) is 11.5 Å². The van der Waals surface area contributed by atoms with Crippen molar-refractivity contribution in [1.29, 1.82) is 0 Å². The number of anilines is 2. The molecule has 6 nitrogen and oxygen atoms in total. The van der Waals surface area contributed by atoms with E-state index in [9.17, 15) is 8.42 Å². The largest absolute Gasteiger partial charge is 0.385 e. The minimum atomic E-state index is -3.24. The Labute approximate surface area is 108 Å². The van der Waals surface area contributed by atoms with Gasteiger partial charge in [0.25, 0.3) is 0 Å². The Morgan fingerprint density at radius 1 is 1.39 bits per heavy atom. The van der Waals surface area contributed by atoms with Crippen LogP contribution in [0.5, 0.6) is 0 Å². The van der Waals surface area contributed by atoms with Crippen molar-refractivity contribution >= 4 is 21.5 Å². The first-order valence-corrected chi connectivity index (χ1v) is 7.42. The number of nitrogens with zero attached hydrogens (tertiary/aromatic N) is 1. The molecule has 0 aromatic carbocycles. The lowest BCUT2D eigenvalue weighted by Crippen LogP contribution is -2.14. The first kappa shape index (κ1) is 14.7. The summed E-state index contributed by atoms with van der Waals surface area (Å²) in [7, 11) is -1.58.